The summed E-state index contributed by atoms with van der Waals surface area (Å²) in [5.41, 5.74) is 0.954. The van der Waals surface area contributed by atoms with Gasteiger partial charge in [0, 0.05) is 5.92 Å². The smallest absolute Gasteiger partial charge is 0.326 e. The van der Waals surface area contributed by atoms with Crippen molar-refractivity contribution in [1.82, 2.24) is 5.32 Å². The molecule has 3 atom stereocenters. The minimum atomic E-state index is -1.03. The van der Waals surface area contributed by atoms with Gasteiger partial charge in [-0.25, -0.2) is 4.79 Å². The molecule has 1 aromatic rings. The molecule has 3 unspecified atom stereocenters. The lowest BCUT2D eigenvalue weighted by atomic mass is 10.1. The second-order valence-corrected chi connectivity index (χ2v) is 6.14. The number of benzene rings is 1. The van der Waals surface area contributed by atoms with E-state index in [-0.39, 0.29) is 24.2 Å². The van der Waals surface area contributed by atoms with Crippen LogP contribution in [0, 0.1) is 5.92 Å². The minimum Gasteiger partial charge on any atom is -0.480 e. The van der Waals surface area contributed by atoms with Crippen molar-refractivity contribution < 1.29 is 14.7 Å². The highest BCUT2D eigenvalue weighted by Gasteiger charge is 2.44. The van der Waals surface area contributed by atoms with Crippen molar-refractivity contribution >= 4 is 35.1 Å². The number of hydrogen-bond acceptors (Lipinski definition) is 2. The molecular weight excluding hydrogens is 325 g/mol. The highest BCUT2D eigenvalue weighted by Crippen LogP contribution is 2.48. The molecule has 0 bridgehead atoms. The van der Waals surface area contributed by atoms with E-state index < -0.39 is 12.0 Å². The molecule has 2 N–H and O–H groups in total. The van der Waals surface area contributed by atoms with Gasteiger partial charge in [0.25, 0.3) is 0 Å². The molecule has 118 valence electrons. The number of aliphatic carboxylic acids is 1. The fraction of sp³-hybridized carbons (Fsp3) is 0.375. The summed E-state index contributed by atoms with van der Waals surface area (Å²) >= 11 is 11.9. The predicted molar refractivity (Wildman–Crippen MR) is 86.3 cm³/mol. The Labute approximate surface area is 139 Å². The summed E-state index contributed by atoms with van der Waals surface area (Å²) < 4.78 is 0. The lowest BCUT2D eigenvalue weighted by Gasteiger charge is -2.12. The van der Waals surface area contributed by atoms with Gasteiger partial charge in [0.1, 0.15) is 6.04 Å². The number of amides is 1. The SMILES string of the molecule is C/C=C/CC(NC(=O)C1CC1c1ccc(Cl)c(Cl)c1)C(=O)O. The third-order valence-corrected chi connectivity index (χ3v) is 4.46. The first kappa shape index (κ1) is 16.8. The normalized spacial score (nSPS) is 21.6. The quantitative estimate of drug-likeness (QED) is 0.776. The Balaban J connectivity index is 1.97. The van der Waals surface area contributed by atoms with Crippen molar-refractivity contribution in [2.45, 2.75) is 31.7 Å². The summed E-state index contributed by atoms with van der Waals surface area (Å²) in [6.45, 7) is 1.81. The van der Waals surface area contributed by atoms with Crippen molar-refractivity contribution in [3.05, 3.63) is 46.0 Å². The summed E-state index contributed by atoms with van der Waals surface area (Å²) in [5, 5.41) is 12.6. The van der Waals surface area contributed by atoms with Crippen LogP contribution in [0.5, 0.6) is 0 Å². The largest absolute Gasteiger partial charge is 0.480 e. The summed E-state index contributed by atoms with van der Waals surface area (Å²) in [6.07, 6.45) is 4.46. The van der Waals surface area contributed by atoms with E-state index in [9.17, 15) is 9.59 Å². The number of halogens is 2. The van der Waals surface area contributed by atoms with Gasteiger partial charge in [-0.05, 0) is 43.4 Å². The molecule has 2 rings (SSSR count). The van der Waals surface area contributed by atoms with Crippen molar-refractivity contribution in [2.24, 2.45) is 5.92 Å². The summed E-state index contributed by atoms with van der Waals surface area (Å²) in [5.74, 6) is -1.39. The van der Waals surface area contributed by atoms with Crippen LogP contribution < -0.4 is 5.32 Å². The molecule has 0 spiro atoms. The van der Waals surface area contributed by atoms with Gasteiger partial charge in [0.15, 0.2) is 0 Å². The first-order chi connectivity index (χ1) is 10.4. The highest BCUT2D eigenvalue weighted by atomic mass is 35.5. The number of rotatable bonds is 6. The van der Waals surface area contributed by atoms with Crippen LogP contribution in [0.3, 0.4) is 0 Å². The molecule has 1 aliphatic rings. The Morgan fingerprint density at radius 2 is 2.14 bits per heavy atom. The molecule has 1 amide bonds. The Morgan fingerprint density at radius 1 is 1.41 bits per heavy atom. The Morgan fingerprint density at radius 3 is 2.73 bits per heavy atom. The number of carboxylic acids is 1. The zero-order chi connectivity index (χ0) is 16.3. The first-order valence-corrected chi connectivity index (χ1v) is 7.79. The zero-order valence-electron chi connectivity index (χ0n) is 12.1. The average molecular weight is 342 g/mol. The van der Waals surface area contributed by atoms with Gasteiger partial charge in [0.2, 0.25) is 5.91 Å². The van der Waals surface area contributed by atoms with E-state index in [1.807, 2.05) is 13.0 Å². The molecule has 1 saturated carbocycles. The number of carbonyl (C=O) groups excluding carboxylic acids is 1. The molecule has 1 aromatic carbocycles. The van der Waals surface area contributed by atoms with Gasteiger partial charge >= 0.3 is 5.97 Å². The van der Waals surface area contributed by atoms with Gasteiger partial charge in [-0.15, -0.1) is 0 Å². The van der Waals surface area contributed by atoms with Crippen molar-refractivity contribution in [1.29, 1.82) is 0 Å². The van der Waals surface area contributed by atoms with Crippen molar-refractivity contribution in [3.63, 3.8) is 0 Å². The molecule has 6 heteroatoms. The number of carbonyl (C=O) groups is 2. The Hall–Kier alpha value is -1.52. The third-order valence-electron chi connectivity index (χ3n) is 3.72. The van der Waals surface area contributed by atoms with E-state index in [0.29, 0.717) is 16.5 Å². The predicted octanol–water partition coefficient (Wildman–Crippen LogP) is 3.63. The van der Waals surface area contributed by atoms with E-state index >= 15 is 0 Å². The summed E-state index contributed by atoms with van der Waals surface area (Å²) in [6, 6.07) is 4.43. The van der Waals surface area contributed by atoms with Gasteiger partial charge in [0.05, 0.1) is 10.0 Å². The fourth-order valence-electron chi connectivity index (χ4n) is 2.37. The van der Waals surface area contributed by atoms with E-state index in [4.69, 9.17) is 28.3 Å². The van der Waals surface area contributed by atoms with Crippen LogP contribution in [0.4, 0.5) is 0 Å². The highest BCUT2D eigenvalue weighted by molar-refractivity contribution is 6.42. The Kier molecular flexibility index (Phi) is 5.48. The monoisotopic (exact) mass is 341 g/mol. The van der Waals surface area contributed by atoms with Gasteiger partial charge in [-0.1, -0.05) is 41.4 Å². The molecule has 0 heterocycles. The fourth-order valence-corrected chi connectivity index (χ4v) is 2.68. The molecule has 0 aliphatic heterocycles. The maximum Gasteiger partial charge on any atom is 0.326 e. The maximum atomic E-state index is 12.2. The number of nitrogens with one attached hydrogen (secondary N) is 1. The minimum absolute atomic E-state index is 0.0749. The molecular formula is C16H17Cl2NO3. The summed E-state index contributed by atoms with van der Waals surface area (Å²) in [4.78, 5) is 23.3. The van der Waals surface area contributed by atoms with E-state index in [0.717, 1.165) is 5.56 Å². The van der Waals surface area contributed by atoms with E-state index in [2.05, 4.69) is 5.32 Å². The topological polar surface area (TPSA) is 66.4 Å². The second kappa shape index (κ2) is 7.16. The molecule has 0 saturated heterocycles. The van der Waals surface area contributed by atoms with Gasteiger partial charge in [-0.2, -0.15) is 0 Å². The van der Waals surface area contributed by atoms with Crippen LogP contribution in [-0.2, 0) is 9.59 Å². The first-order valence-electron chi connectivity index (χ1n) is 7.03. The molecule has 0 aromatic heterocycles. The van der Waals surface area contributed by atoms with E-state index in [1.165, 1.54) is 0 Å². The standard InChI is InChI=1S/C16H17Cl2NO3/c1-2-3-4-14(16(21)22)19-15(20)11-8-10(11)9-5-6-12(17)13(18)7-9/h2-3,5-7,10-11,14H,4,8H2,1H3,(H,19,20)(H,21,22)/b3-2+. The van der Waals surface area contributed by atoms with Crippen LogP contribution >= 0.6 is 23.2 Å². The van der Waals surface area contributed by atoms with Gasteiger partial charge < -0.3 is 10.4 Å². The number of allylic oxidation sites excluding steroid dienone is 1. The summed E-state index contributed by atoms with van der Waals surface area (Å²) in [7, 11) is 0. The average Bonchev–Trinajstić information content (AvgIpc) is 3.26. The maximum absolute atomic E-state index is 12.2. The molecule has 0 radical (unpaired) electrons. The van der Waals surface area contributed by atoms with Crippen LogP contribution in [-0.4, -0.2) is 23.0 Å². The molecule has 22 heavy (non-hydrogen) atoms. The number of hydrogen-bond donors (Lipinski definition) is 2. The van der Waals surface area contributed by atoms with Gasteiger partial charge in [-0.3, -0.25) is 4.79 Å². The van der Waals surface area contributed by atoms with Crippen LogP contribution in [0.2, 0.25) is 10.0 Å². The van der Waals surface area contributed by atoms with Crippen LogP contribution in [0.15, 0.2) is 30.4 Å². The molecule has 1 aliphatic carbocycles. The Bertz CT molecular complexity index is 615. The van der Waals surface area contributed by atoms with Crippen molar-refractivity contribution in [3.8, 4) is 0 Å². The molecule has 4 nitrogen and oxygen atoms in total. The third kappa shape index (κ3) is 4.02. The molecule has 1 fully saturated rings. The van der Waals surface area contributed by atoms with Crippen LogP contribution in [0.25, 0.3) is 0 Å². The lowest BCUT2D eigenvalue weighted by molar-refractivity contribution is -0.141. The zero-order valence-corrected chi connectivity index (χ0v) is 13.6. The van der Waals surface area contributed by atoms with Crippen molar-refractivity contribution in [2.75, 3.05) is 0 Å². The number of carboxylic acid groups (broad SMARTS) is 1. The lowest BCUT2D eigenvalue weighted by Crippen LogP contribution is -2.41. The second-order valence-electron chi connectivity index (χ2n) is 5.33. The van der Waals surface area contributed by atoms with E-state index in [1.54, 1.807) is 24.3 Å². The van der Waals surface area contributed by atoms with Crippen LogP contribution in [0.1, 0.15) is 31.2 Å².